The summed E-state index contributed by atoms with van der Waals surface area (Å²) in [5.41, 5.74) is 0.868. The van der Waals surface area contributed by atoms with E-state index in [1.165, 1.54) is 11.8 Å². The van der Waals surface area contributed by atoms with Crippen molar-refractivity contribution in [3.8, 4) is 5.69 Å². The minimum Gasteiger partial charge on any atom is -0.347 e. The second-order valence-corrected chi connectivity index (χ2v) is 7.62. The number of halogens is 1. The van der Waals surface area contributed by atoms with Crippen LogP contribution in [0.25, 0.3) is 5.69 Å². The normalized spacial score (nSPS) is 19.2. The van der Waals surface area contributed by atoms with Gasteiger partial charge in [0.15, 0.2) is 10.9 Å². The number of thioether (sulfide) groups is 1. The lowest BCUT2D eigenvalue weighted by molar-refractivity contribution is -0.186. The van der Waals surface area contributed by atoms with Crippen LogP contribution in [0.2, 0.25) is 5.02 Å². The highest BCUT2D eigenvalue weighted by Crippen LogP contribution is 2.31. The fourth-order valence-electron chi connectivity index (χ4n) is 3.23. The molecule has 0 bridgehead atoms. The molecule has 2 aromatic rings. The van der Waals surface area contributed by atoms with Gasteiger partial charge in [-0.1, -0.05) is 29.4 Å². The Bertz CT molecular complexity index is 784. The fraction of sp³-hybridized carbons (Fsp3) is 0.471. The average Bonchev–Trinajstić information content (AvgIpc) is 3.30. The number of nitrogens with zero attached hydrogens (tertiary/aromatic N) is 4. The first-order valence-corrected chi connectivity index (χ1v) is 9.86. The Hall–Kier alpha value is -1.61. The van der Waals surface area contributed by atoms with Crippen molar-refractivity contribution in [2.24, 2.45) is 0 Å². The Balaban J connectivity index is 1.35. The van der Waals surface area contributed by atoms with E-state index in [4.69, 9.17) is 21.1 Å². The molecular formula is C17H19ClN4O3S. The van der Waals surface area contributed by atoms with E-state index in [0.717, 1.165) is 18.5 Å². The Morgan fingerprint density at radius 2 is 2.04 bits per heavy atom. The number of hydrogen-bond donors (Lipinski definition) is 0. The maximum absolute atomic E-state index is 12.5. The van der Waals surface area contributed by atoms with Crippen molar-refractivity contribution in [2.45, 2.75) is 23.8 Å². The molecule has 1 aromatic heterocycles. The first-order valence-electron chi connectivity index (χ1n) is 8.50. The van der Waals surface area contributed by atoms with Gasteiger partial charge in [0.1, 0.15) is 6.33 Å². The molecule has 2 fully saturated rings. The highest BCUT2D eigenvalue weighted by atomic mass is 35.5. The van der Waals surface area contributed by atoms with E-state index in [9.17, 15) is 4.79 Å². The van der Waals surface area contributed by atoms with Crippen LogP contribution in [-0.2, 0) is 14.3 Å². The molecule has 138 valence electrons. The summed E-state index contributed by atoms with van der Waals surface area (Å²) in [5.74, 6) is -0.0616. The summed E-state index contributed by atoms with van der Waals surface area (Å²) in [7, 11) is 0. The van der Waals surface area contributed by atoms with Gasteiger partial charge in [0.2, 0.25) is 5.91 Å². The summed E-state index contributed by atoms with van der Waals surface area (Å²) in [4.78, 5) is 14.4. The molecule has 0 unspecified atom stereocenters. The zero-order valence-corrected chi connectivity index (χ0v) is 15.7. The van der Waals surface area contributed by atoms with Crippen molar-refractivity contribution in [3.05, 3.63) is 35.6 Å². The number of aromatic nitrogens is 3. The molecule has 0 saturated carbocycles. The number of benzene rings is 1. The molecule has 2 aliphatic heterocycles. The Morgan fingerprint density at radius 3 is 2.77 bits per heavy atom. The third-order valence-electron chi connectivity index (χ3n) is 4.62. The first-order chi connectivity index (χ1) is 12.7. The van der Waals surface area contributed by atoms with Gasteiger partial charge in [-0.25, -0.2) is 0 Å². The van der Waals surface area contributed by atoms with Crippen LogP contribution in [0.4, 0.5) is 0 Å². The SMILES string of the molecule is O=C(CSc1nncn1-c1cccc(Cl)c1)N1CCC2(CC1)OCCO2. The van der Waals surface area contributed by atoms with Gasteiger partial charge in [-0.2, -0.15) is 0 Å². The number of rotatable bonds is 4. The molecule has 9 heteroatoms. The van der Waals surface area contributed by atoms with Crippen molar-refractivity contribution in [1.29, 1.82) is 0 Å². The van der Waals surface area contributed by atoms with E-state index in [0.29, 0.717) is 42.2 Å². The molecule has 1 aromatic carbocycles. The molecule has 0 N–H and O–H groups in total. The highest BCUT2D eigenvalue weighted by molar-refractivity contribution is 7.99. The molecule has 2 saturated heterocycles. The Morgan fingerprint density at radius 1 is 1.27 bits per heavy atom. The van der Waals surface area contributed by atoms with Crippen molar-refractivity contribution in [2.75, 3.05) is 32.1 Å². The van der Waals surface area contributed by atoms with Crippen LogP contribution in [-0.4, -0.2) is 63.4 Å². The van der Waals surface area contributed by atoms with E-state index >= 15 is 0 Å². The lowest BCUT2D eigenvalue weighted by Crippen LogP contribution is -2.47. The number of carbonyl (C=O) groups is 1. The van der Waals surface area contributed by atoms with Crippen LogP contribution in [0.1, 0.15) is 12.8 Å². The monoisotopic (exact) mass is 394 g/mol. The summed E-state index contributed by atoms with van der Waals surface area (Å²) in [6.07, 6.45) is 3.07. The average molecular weight is 395 g/mol. The summed E-state index contributed by atoms with van der Waals surface area (Å²) in [6.45, 7) is 2.59. The molecule has 3 heterocycles. The number of likely N-dealkylation sites (tertiary alicyclic amines) is 1. The van der Waals surface area contributed by atoms with Gasteiger partial charge in [0, 0.05) is 31.0 Å². The lowest BCUT2D eigenvalue weighted by atomic mass is 10.0. The molecule has 26 heavy (non-hydrogen) atoms. The zero-order chi connectivity index (χ0) is 18.0. The molecule has 0 radical (unpaired) electrons. The number of ether oxygens (including phenoxy) is 2. The van der Waals surface area contributed by atoms with Crippen molar-refractivity contribution in [1.82, 2.24) is 19.7 Å². The largest absolute Gasteiger partial charge is 0.347 e. The van der Waals surface area contributed by atoms with E-state index in [-0.39, 0.29) is 5.91 Å². The molecule has 4 rings (SSSR count). The quantitative estimate of drug-likeness (QED) is 0.741. The van der Waals surface area contributed by atoms with Gasteiger partial charge >= 0.3 is 0 Å². The van der Waals surface area contributed by atoms with Crippen LogP contribution in [0, 0.1) is 0 Å². The summed E-state index contributed by atoms with van der Waals surface area (Å²) in [5, 5.41) is 9.38. The van der Waals surface area contributed by atoms with E-state index in [2.05, 4.69) is 10.2 Å². The highest BCUT2D eigenvalue weighted by Gasteiger charge is 2.40. The van der Waals surface area contributed by atoms with E-state index in [1.807, 2.05) is 33.7 Å². The number of carbonyl (C=O) groups excluding carboxylic acids is 1. The van der Waals surface area contributed by atoms with Crippen molar-refractivity contribution >= 4 is 29.3 Å². The third kappa shape index (κ3) is 3.73. The van der Waals surface area contributed by atoms with Gasteiger partial charge in [-0.15, -0.1) is 10.2 Å². The second kappa shape index (κ2) is 7.56. The topological polar surface area (TPSA) is 69.5 Å². The molecule has 1 spiro atoms. The first kappa shape index (κ1) is 17.8. The minimum atomic E-state index is -0.462. The summed E-state index contributed by atoms with van der Waals surface area (Å²) >= 11 is 7.42. The van der Waals surface area contributed by atoms with Crippen LogP contribution in [0.3, 0.4) is 0 Å². The second-order valence-electron chi connectivity index (χ2n) is 6.24. The van der Waals surface area contributed by atoms with Crippen molar-refractivity contribution < 1.29 is 14.3 Å². The van der Waals surface area contributed by atoms with Gasteiger partial charge in [-0.05, 0) is 18.2 Å². The maximum atomic E-state index is 12.5. The summed E-state index contributed by atoms with van der Waals surface area (Å²) in [6, 6.07) is 7.44. The zero-order valence-electron chi connectivity index (χ0n) is 14.1. The molecule has 2 aliphatic rings. The van der Waals surface area contributed by atoms with Crippen molar-refractivity contribution in [3.63, 3.8) is 0 Å². The Labute approximate surface area is 160 Å². The molecule has 7 nitrogen and oxygen atoms in total. The number of amides is 1. The standard InChI is InChI=1S/C17H19ClN4O3S/c18-13-2-1-3-14(10-13)22-12-19-20-16(22)26-11-15(23)21-6-4-17(5-7-21)24-8-9-25-17/h1-3,10,12H,4-9,11H2. The van der Waals surface area contributed by atoms with Gasteiger partial charge < -0.3 is 14.4 Å². The molecule has 0 atom stereocenters. The molecular weight excluding hydrogens is 376 g/mol. The van der Waals surface area contributed by atoms with Crippen LogP contribution in [0.5, 0.6) is 0 Å². The van der Waals surface area contributed by atoms with Gasteiger partial charge in [-0.3, -0.25) is 9.36 Å². The summed E-state index contributed by atoms with van der Waals surface area (Å²) < 4.78 is 13.2. The number of piperidine rings is 1. The van der Waals surface area contributed by atoms with Gasteiger partial charge in [0.05, 0.1) is 24.7 Å². The smallest absolute Gasteiger partial charge is 0.233 e. The van der Waals surface area contributed by atoms with Crippen LogP contribution >= 0.6 is 23.4 Å². The van der Waals surface area contributed by atoms with Gasteiger partial charge in [0.25, 0.3) is 0 Å². The predicted molar refractivity (Wildman–Crippen MR) is 97.5 cm³/mol. The van der Waals surface area contributed by atoms with Crippen LogP contribution in [0.15, 0.2) is 35.7 Å². The fourth-order valence-corrected chi connectivity index (χ4v) is 4.24. The van der Waals surface area contributed by atoms with E-state index in [1.54, 1.807) is 6.33 Å². The lowest BCUT2D eigenvalue weighted by Gasteiger charge is -2.37. The minimum absolute atomic E-state index is 0.0866. The Kier molecular flexibility index (Phi) is 5.17. The third-order valence-corrected chi connectivity index (χ3v) is 5.78. The predicted octanol–water partition coefficient (Wildman–Crippen LogP) is 2.38. The van der Waals surface area contributed by atoms with Crippen LogP contribution < -0.4 is 0 Å². The number of hydrogen-bond acceptors (Lipinski definition) is 6. The van der Waals surface area contributed by atoms with E-state index < -0.39 is 5.79 Å². The molecule has 1 amide bonds. The maximum Gasteiger partial charge on any atom is 0.233 e. The molecule has 0 aliphatic carbocycles.